The van der Waals surface area contributed by atoms with Crippen LogP contribution in [0.1, 0.15) is 15.9 Å². The molecule has 0 atom stereocenters. The van der Waals surface area contributed by atoms with Gasteiger partial charge in [-0.15, -0.1) is 0 Å². The number of rotatable bonds is 4. The monoisotopic (exact) mass is 303 g/mol. The average Bonchev–Trinajstić information content (AvgIpc) is 2.41. The second-order valence-electron chi connectivity index (χ2n) is 3.65. The van der Waals surface area contributed by atoms with Gasteiger partial charge in [0.05, 0.1) is 5.69 Å². The number of benzene rings is 2. The van der Waals surface area contributed by atoms with Crippen molar-refractivity contribution >= 4 is 33.8 Å². The van der Waals surface area contributed by atoms with Crippen LogP contribution in [0, 0.1) is 0 Å². The summed E-state index contributed by atoms with van der Waals surface area (Å²) in [5.74, 6) is -0.124. The molecule has 0 aromatic heterocycles. The van der Waals surface area contributed by atoms with Crippen molar-refractivity contribution in [2.45, 2.75) is 0 Å². The molecule has 0 radical (unpaired) electrons. The molecule has 0 saturated carbocycles. The molecule has 18 heavy (non-hydrogen) atoms. The molecule has 90 valence electrons. The largest absolute Gasteiger partial charge is 0.328 e. The zero-order valence-corrected chi connectivity index (χ0v) is 11.0. The van der Waals surface area contributed by atoms with Crippen LogP contribution in [-0.2, 0) is 4.79 Å². The Hall–Kier alpha value is -1.94. The normalized spacial score (nSPS) is 9.83. The van der Waals surface area contributed by atoms with Crippen LogP contribution in [0.3, 0.4) is 0 Å². The number of anilines is 1. The molecule has 0 unspecified atom stereocenters. The molecule has 0 aliphatic rings. The summed E-state index contributed by atoms with van der Waals surface area (Å²) in [5.41, 5.74) is 1.55. The smallest absolute Gasteiger partial charge is 0.211 e. The van der Waals surface area contributed by atoms with Crippen LogP contribution < -0.4 is 5.32 Å². The molecule has 0 bridgehead atoms. The third kappa shape index (κ3) is 2.65. The van der Waals surface area contributed by atoms with E-state index in [1.807, 2.05) is 6.07 Å². The van der Waals surface area contributed by atoms with Gasteiger partial charge in [0.1, 0.15) is 0 Å². The van der Waals surface area contributed by atoms with Gasteiger partial charge in [-0.2, -0.15) is 0 Å². The van der Waals surface area contributed by atoms with Gasteiger partial charge in [0, 0.05) is 15.6 Å². The Kier molecular flexibility index (Phi) is 3.89. The predicted molar refractivity (Wildman–Crippen MR) is 73.7 cm³/mol. The standard InChI is InChI=1S/C14H10BrNO2/c15-11-6-7-13(16-9-17)12(8-11)14(18)10-4-2-1-3-5-10/h1-9H,(H,16,17). The third-order valence-electron chi connectivity index (χ3n) is 2.48. The van der Waals surface area contributed by atoms with Crippen molar-refractivity contribution in [1.82, 2.24) is 0 Å². The summed E-state index contributed by atoms with van der Waals surface area (Å²) >= 11 is 3.32. The number of nitrogens with one attached hydrogen (secondary N) is 1. The maximum absolute atomic E-state index is 12.3. The summed E-state index contributed by atoms with van der Waals surface area (Å²) in [6.45, 7) is 0. The topological polar surface area (TPSA) is 46.2 Å². The summed E-state index contributed by atoms with van der Waals surface area (Å²) < 4.78 is 0.790. The maximum Gasteiger partial charge on any atom is 0.211 e. The first-order valence-electron chi connectivity index (χ1n) is 5.32. The van der Waals surface area contributed by atoms with E-state index in [1.165, 1.54) is 0 Å². The van der Waals surface area contributed by atoms with Crippen molar-refractivity contribution in [3.63, 3.8) is 0 Å². The van der Waals surface area contributed by atoms with Gasteiger partial charge in [0.25, 0.3) is 0 Å². The average molecular weight is 304 g/mol. The maximum atomic E-state index is 12.3. The minimum absolute atomic E-state index is 0.124. The number of hydrogen-bond acceptors (Lipinski definition) is 2. The Morgan fingerprint density at radius 1 is 1.11 bits per heavy atom. The third-order valence-corrected chi connectivity index (χ3v) is 2.97. The first kappa shape index (κ1) is 12.5. The minimum atomic E-state index is -0.124. The minimum Gasteiger partial charge on any atom is -0.328 e. The lowest BCUT2D eigenvalue weighted by Crippen LogP contribution is -2.06. The Balaban J connectivity index is 2.46. The molecule has 0 spiro atoms. The van der Waals surface area contributed by atoms with E-state index in [0.717, 1.165) is 4.47 Å². The second kappa shape index (κ2) is 5.60. The second-order valence-corrected chi connectivity index (χ2v) is 4.56. The fourth-order valence-corrected chi connectivity index (χ4v) is 2.00. The van der Waals surface area contributed by atoms with Gasteiger partial charge in [0.15, 0.2) is 5.78 Å². The van der Waals surface area contributed by atoms with Crippen molar-refractivity contribution in [2.75, 3.05) is 5.32 Å². The van der Waals surface area contributed by atoms with Crippen molar-refractivity contribution in [2.24, 2.45) is 0 Å². The number of carbonyl (C=O) groups is 2. The summed E-state index contributed by atoms with van der Waals surface area (Å²) in [6.07, 6.45) is 0.561. The first-order chi connectivity index (χ1) is 8.72. The van der Waals surface area contributed by atoms with E-state index in [0.29, 0.717) is 23.2 Å². The van der Waals surface area contributed by atoms with Crippen molar-refractivity contribution in [3.05, 3.63) is 64.1 Å². The van der Waals surface area contributed by atoms with Gasteiger partial charge in [-0.3, -0.25) is 9.59 Å². The molecule has 2 rings (SSSR count). The fourth-order valence-electron chi connectivity index (χ4n) is 1.64. The zero-order chi connectivity index (χ0) is 13.0. The summed E-state index contributed by atoms with van der Waals surface area (Å²) in [4.78, 5) is 22.9. The Morgan fingerprint density at radius 2 is 1.83 bits per heavy atom. The van der Waals surface area contributed by atoms with Crippen LogP contribution >= 0.6 is 15.9 Å². The van der Waals surface area contributed by atoms with E-state index < -0.39 is 0 Å². The lowest BCUT2D eigenvalue weighted by Gasteiger charge is -2.08. The molecule has 0 saturated heterocycles. The highest BCUT2D eigenvalue weighted by Crippen LogP contribution is 2.23. The Morgan fingerprint density at radius 3 is 2.50 bits per heavy atom. The van der Waals surface area contributed by atoms with Crippen LogP contribution in [0.15, 0.2) is 53.0 Å². The quantitative estimate of drug-likeness (QED) is 0.696. The van der Waals surface area contributed by atoms with Gasteiger partial charge in [0.2, 0.25) is 6.41 Å². The molecule has 1 amide bonds. The van der Waals surface area contributed by atoms with Gasteiger partial charge >= 0.3 is 0 Å². The highest BCUT2D eigenvalue weighted by Gasteiger charge is 2.13. The van der Waals surface area contributed by atoms with E-state index in [1.54, 1.807) is 42.5 Å². The van der Waals surface area contributed by atoms with Crippen molar-refractivity contribution in [3.8, 4) is 0 Å². The van der Waals surface area contributed by atoms with Crippen molar-refractivity contribution in [1.29, 1.82) is 0 Å². The van der Waals surface area contributed by atoms with E-state index >= 15 is 0 Å². The molecule has 0 fully saturated rings. The number of hydrogen-bond donors (Lipinski definition) is 1. The highest BCUT2D eigenvalue weighted by molar-refractivity contribution is 9.10. The van der Waals surface area contributed by atoms with Gasteiger partial charge in [-0.05, 0) is 18.2 Å². The summed E-state index contributed by atoms with van der Waals surface area (Å²) in [5, 5.41) is 2.53. The Labute approximate surface area is 113 Å². The van der Waals surface area contributed by atoms with Gasteiger partial charge in [-0.1, -0.05) is 46.3 Å². The SMILES string of the molecule is O=CNc1ccc(Br)cc1C(=O)c1ccccc1. The van der Waals surface area contributed by atoms with E-state index in [4.69, 9.17) is 0 Å². The summed E-state index contributed by atoms with van der Waals surface area (Å²) in [7, 11) is 0. The predicted octanol–water partition coefficient (Wildman–Crippen LogP) is 3.25. The van der Waals surface area contributed by atoms with Crippen LogP contribution in [0.25, 0.3) is 0 Å². The summed E-state index contributed by atoms with van der Waals surface area (Å²) in [6, 6.07) is 14.1. The number of ketones is 1. The van der Waals surface area contributed by atoms with Crippen LogP contribution in [0.5, 0.6) is 0 Å². The molecule has 4 heteroatoms. The zero-order valence-electron chi connectivity index (χ0n) is 9.39. The van der Waals surface area contributed by atoms with Crippen LogP contribution in [0.4, 0.5) is 5.69 Å². The van der Waals surface area contributed by atoms with E-state index in [9.17, 15) is 9.59 Å². The van der Waals surface area contributed by atoms with E-state index in [2.05, 4.69) is 21.2 Å². The van der Waals surface area contributed by atoms with Gasteiger partial charge < -0.3 is 5.32 Å². The Bertz CT molecular complexity index is 582. The first-order valence-corrected chi connectivity index (χ1v) is 6.11. The molecule has 0 heterocycles. The lowest BCUT2D eigenvalue weighted by molar-refractivity contribution is -0.105. The molecule has 0 aliphatic heterocycles. The van der Waals surface area contributed by atoms with Crippen LogP contribution in [0.2, 0.25) is 0 Å². The van der Waals surface area contributed by atoms with Gasteiger partial charge in [-0.25, -0.2) is 0 Å². The fraction of sp³-hybridized carbons (Fsp3) is 0. The molecular formula is C14H10BrNO2. The molecule has 2 aromatic rings. The highest BCUT2D eigenvalue weighted by atomic mass is 79.9. The van der Waals surface area contributed by atoms with Crippen molar-refractivity contribution < 1.29 is 9.59 Å². The lowest BCUT2D eigenvalue weighted by atomic mass is 10.0. The number of carbonyl (C=O) groups excluding carboxylic acids is 2. The number of halogens is 1. The molecule has 3 nitrogen and oxygen atoms in total. The van der Waals surface area contributed by atoms with E-state index in [-0.39, 0.29) is 5.78 Å². The molecular weight excluding hydrogens is 294 g/mol. The van der Waals surface area contributed by atoms with Crippen LogP contribution in [-0.4, -0.2) is 12.2 Å². The number of amides is 1. The molecule has 0 aliphatic carbocycles. The molecule has 2 aromatic carbocycles. The molecule has 1 N–H and O–H groups in total.